The third-order valence-corrected chi connectivity index (χ3v) is 12.2. The number of nitrogens with one attached hydrogen (secondary N) is 2. The number of aromatic nitrogens is 2. The number of methoxy groups -OCH3 is 1. The summed E-state index contributed by atoms with van der Waals surface area (Å²) in [6.45, 7) is 2.93. The molecule has 9 nitrogen and oxygen atoms in total. The highest BCUT2D eigenvalue weighted by molar-refractivity contribution is 7.92. The number of aryl methyl sites for hydroxylation is 2. The monoisotopic (exact) mass is 687 g/mol. The van der Waals surface area contributed by atoms with Gasteiger partial charge in [0.15, 0.2) is 9.92 Å². The molecule has 0 unspecified atom stereocenters. The van der Waals surface area contributed by atoms with Crippen molar-refractivity contribution in [3.63, 3.8) is 0 Å². The summed E-state index contributed by atoms with van der Waals surface area (Å²) >= 11 is 0. The van der Waals surface area contributed by atoms with Crippen molar-refractivity contribution < 1.29 is 18.5 Å². The molecule has 2 N–H and O–H groups in total. The molecule has 0 bridgehead atoms. The van der Waals surface area contributed by atoms with Crippen LogP contribution in [0.5, 0.6) is 5.88 Å². The van der Waals surface area contributed by atoms with Crippen LogP contribution >= 0.6 is 0 Å². The van der Waals surface area contributed by atoms with E-state index in [9.17, 15) is 4.79 Å². The van der Waals surface area contributed by atoms with Crippen molar-refractivity contribution >= 4 is 21.6 Å². The lowest BCUT2D eigenvalue weighted by atomic mass is 9.78. The second-order valence-electron chi connectivity index (χ2n) is 13.4. The molecule has 3 atom stereocenters. The number of hydrogen-bond donors (Lipinski definition) is 2. The van der Waals surface area contributed by atoms with E-state index < -0.39 is 21.5 Å². The fraction of sp³-hybridized carbons (Fsp3) is 0.300. The molecule has 1 aliphatic heterocycles. The predicted molar refractivity (Wildman–Crippen MR) is 194 cm³/mol. The number of amides is 2. The average Bonchev–Trinajstić information content (AvgIpc) is 3.95. The number of urea groups is 1. The molecule has 0 fully saturated rings. The molecule has 3 aliphatic rings. The Morgan fingerprint density at radius 2 is 1.60 bits per heavy atom. The van der Waals surface area contributed by atoms with E-state index in [4.69, 9.17) is 9.47 Å². The maximum Gasteiger partial charge on any atom is 0.354 e. The minimum absolute atomic E-state index is 0.0643. The van der Waals surface area contributed by atoms with E-state index in [0.717, 1.165) is 65.6 Å². The average molecular weight is 688 g/mol. The number of carbonyl (C=O) groups is 1. The third kappa shape index (κ3) is 5.52. The molecule has 10 heteroatoms. The summed E-state index contributed by atoms with van der Waals surface area (Å²) in [5, 5.41) is 7.76. The molecular formula is C40H41N5O4S. The van der Waals surface area contributed by atoms with Gasteiger partial charge in [-0.05, 0) is 78.0 Å². The Hall–Kier alpha value is -4.77. The molecule has 1 aromatic heterocycles. The highest BCUT2D eigenvalue weighted by atomic mass is 32.2. The first-order valence-electron chi connectivity index (χ1n) is 17.3. The summed E-state index contributed by atoms with van der Waals surface area (Å²) in [7, 11) is -2.10. The first-order valence-corrected chi connectivity index (χ1v) is 18.8. The van der Waals surface area contributed by atoms with Crippen molar-refractivity contribution in [1.29, 1.82) is 0 Å². The molecule has 0 spiro atoms. The number of fused-ring (bicyclic) bond motifs is 3. The van der Waals surface area contributed by atoms with Crippen LogP contribution in [0.15, 0.2) is 113 Å². The molecule has 8 rings (SSSR count). The van der Waals surface area contributed by atoms with Crippen LogP contribution in [0.2, 0.25) is 0 Å². The van der Waals surface area contributed by atoms with Crippen molar-refractivity contribution in [3.8, 4) is 5.88 Å². The Balaban J connectivity index is 1.33. The fourth-order valence-corrected chi connectivity index (χ4v) is 9.93. The first-order chi connectivity index (χ1) is 24.4. The Kier molecular flexibility index (Phi) is 8.54. The van der Waals surface area contributed by atoms with Crippen molar-refractivity contribution in [2.45, 2.75) is 61.4 Å². The minimum Gasteiger partial charge on any atom is -0.475 e. The van der Waals surface area contributed by atoms with Crippen molar-refractivity contribution in [2.24, 2.45) is 4.36 Å². The molecule has 5 aromatic rings. The van der Waals surface area contributed by atoms with Crippen LogP contribution in [0.25, 0.3) is 0 Å². The number of anilines is 1. The molecule has 0 saturated heterocycles. The Morgan fingerprint density at radius 3 is 2.22 bits per heavy atom. The van der Waals surface area contributed by atoms with Crippen molar-refractivity contribution in [3.05, 3.63) is 142 Å². The summed E-state index contributed by atoms with van der Waals surface area (Å²) in [5.41, 5.74) is 6.88. The van der Waals surface area contributed by atoms with E-state index in [2.05, 4.69) is 25.6 Å². The van der Waals surface area contributed by atoms with E-state index in [0.29, 0.717) is 19.1 Å². The van der Waals surface area contributed by atoms with Gasteiger partial charge in [0.2, 0.25) is 5.88 Å². The van der Waals surface area contributed by atoms with Crippen LogP contribution < -0.4 is 14.8 Å². The van der Waals surface area contributed by atoms with Gasteiger partial charge in [0.25, 0.3) is 0 Å². The molecule has 2 heterocycles. The summed E-state index contributed by atoms with van der Waals surface area (Å²) in [6, 6.07) is 31.2. The van der Waals surface area contributed by atoms with Crippen LogP contribution in [0, 0.1) is 0 Å². The van der Waals surface area contributed by atoms with E-state index >= 15 is 4.21 Å². The number of hydrogen-bond acceptors (Lipinski definition) is 5. The summed E-state index contributed by atoms with van der Waals surface area (Å²) in [5.74, 6) is 0.505. The van der Waals surface area contributed by atoms with Gasteiger partial charge >= 0.3 is 6.03 Å². The van der Waals surface area contributed by atoms with E-state index in [-0.39, 0.29) is 16.9 Å². The molecule has 2 amide bonds. The van der Waals surface area contributed by atoms with Crippen LogP contribution in [0.1, 0.15) is 70.7 Å². The van der Waals surface area contributed by atoms with Gasteiger partial charge in [0.05, 0.1) is 18.8 Å². The van der Waals surface area contributed by atoms with Crippen LogP contribution in [0.4, 0.5) is 10.5 Å². The van der Waals surface area contributed by atoms with E-state index in [1.165, 1.54) is 17.3 Å². The summed E-state index contributed by atoms with van der Waals surface area (Å²) < 4.78 is 37.6. The quantitative estimate of drug-likeness (QED) is 0.156. The molecule has 0 radical (unpaired) electrons. The Morgan fingerprint density at radius 1 is 0.960 bits per heavy atom. The third-order valence-electron chi connectivity index (χ3n) is 10.3. The highest BCUT2D eigenvalue weighted by Gasteiger charge is 2.43. The minimum atomic E-state index is -3.82. The highest BCUT2D eigenvalue weighted by Crippen LogP contribution is 2.45. The van der Waals surface area contributed by atoms with Gasteiger partial charge in [-0.2, -0.15) is 5.10 Å². The van der Waals surface area contributed by atoms with Crippen LogP contribution in [-0.2, 0) is 39.5 Å². The summed E-state index contributed by atoms with van der Waals surface area (Å²) in [4.78, 5) is 14.7. The van der Waals surface area contributed by atoms with Gasteiger partial charge in [-0.1, -0.05) is 97.1 Å². The number of rotatable bonds is 9. The standard InChI is InChI=1S/C40H41N5O4S/c1-27-25-49-38-35(24-41-45(27)38)50(47,43-39(46)42-37-34-20-12-13-28(34)23-29-21-22-30(26-48-2)36(29)37)44-40(31-14-6-3-7-15-31,32-16-8-4-9-17-32)33-18-10-5-11-19-33/h3-11,14-19,23-24,27,30H,12-13,20-22,25-26H2,1-2H3,(H2,42,43,44,46,47)/t27-,30+,50+/m1/s1. The van der Waals surface area contributed by atoms with Crippen LogP contribution in [-0.4, -0.2) is 40.3 Å². The molecule has 2 aliphatic carbocycles. The topological polar surface area (TPSA) is 107 Å². The number of nitrogens with zero attached hydrogens (tertiary/aromatic N) is 3. The smallest absolute Gasteiger partial charge is 0.354 e. The second-order valence-corrected chi connectivity index (χ2v) is 15.3. The zero-order valence-corrected chi connectivity index (χ0v) is 29.1. The SMILES string of the molecule is COC[C@@H]1CCc2cc3c(c(NC(=O)N=[S@](=O)(NC(c4ccccc4)(c4ccccc4)c4ccccc4)c4cnn5c4OC[C@H]5C)c21)CCC3. The van der Waals surface area contributed by atoms with Crippen LogP contribution in [0.3, 0.4) is 0 Å². The number of benzene rings is 4. The molecule has 4 aromatic carbocycles. The summed E-state index contributed by atoms with van der Waals surface area (Å²) in [6.07, 6.45) is 6.28. The lowest BCUT2D eigenvalue weighted by molar-refractivity contribution is 0.179. The van der Waals surface area contributed by atoms with Crippen molar-refractivity contribution in [2.75, 3.05) is 25.6 Å². The normalized spacial score (nSPS) is 18.8. The first kappa shape index (κ1) is 32.4. The van der Waals surface area contributed by atoms with Gasteiger partial charge in [-0.15, -0.1) is 4.36 Å². The van der Waals surface area contributed by atoms with E-state index in [1.807, 2.05) is 97.9 Å². The number of carbonyl (C=O) groups excluding carboxylic acids is 1. The fourth-order valence-electron chi connectivity index (χ4n) is 8.05. The molecular weight excluding hydrogens is 647 g/mol. The van der Waals surface area contributed by atoms with E-state index in [1.54, 1.807) is 11.8 Å². The number of ether oxygens (including phenoxy) is 2. The largest absolute Gasteiger partial charge is 0.475 e. The molecule has 0 saturated carbocycles. The lowest BCUT2D eigenvalue weighted by Crippen LogP contribution is -2.48. The second kappa shape index (κ2) is 13.2. The maximum atomic E-state index is 16.0. The predicted octanol–water partition coefficient (Wildman–Crippen LogP) is 7.56. The van der Waals surface area contributed by atoms with Gasteiger partial charge in [-0.25, -0.2) is 18.4 Å². The molecule has 50 heavy (non-hydrogen) atoms. The Bertz CT molecular complexity index is 2060. The maximum absolute atomic E-state index is 16.0. The zero-order valence-electron chi connectivity index (χ0n) is 28.3. The van der Waals surface area contributed by atoms with Gasteiger partial charge < -0.3 is 14.8 Å². The van der Waals surface area contributed by atoms with Gasteiger partial charge in [-0.3, -0.25) is 0 Å². The lowest BCUT2D eigenvalue weighted by Gasteiger charge is -2.37. The zero-order chi connectivity index (χ0) is 34.3. The van der Waals surface area contributed by atoms with Crippen molar-refractivity contribution in [1.82, 2.24) is 14.5 Å². The van der Waals surface area contributed by atoms with Gasteiger partial charge in [0.1, 0.15) is 17.0 Å². The Labute approximate surface area is 293 Å². The molecule has 256 valence electrons. The van der Waals surface area contributed by atoms with Gasteiger partial charge in [0, 0.05) is 18.7 Å².